The Bertz CT molecular complexity index is 976. The smallest absolute Gasteiger partial charge is 0.355 e. The standard InChI is InChI=1S/C21H18Br4N4O3/c1-3-5-31-19-13(7-15(22)9-17(19)24)11-26-28-21(30)29-27-12-14-8-16(23)10-18(25)20(14)32-6-4-2/h3-4,7-12H,1-2,5-6H2,(H2,28,29,30)/b26-11-,27-12-. The van der Waals surface area contributed by atoms with Gasteiger partial charge in [0.05, 0.1) is 21.4 Å². The number of nitrogens with one attached hydrogen (secondary N) is 2. The minimum Gasteiger partial charge on any atom is -0.488 e. The van der Waals surface area contributed by atoms with Crippen LogP contribution >= 0.6 is 63.7 Å². The van der Waals surface area contributed by atoms with Gasteiger partial charge in [0.15, 0.2) is 0 Å². The Morgan fingerprint density at radius 3 is 1.59 bits per heavy atom. The number of ether oxygens (including phenoxy) is 2. The van der Waals surface area contributed by atoms with Gasteiger partial charge in [-0.05, 0) is 56.1 Å². The highest BCUT2D eigenvalue weighted by molar-refractivity contribution is 9.11. The van der Waals surface area contributed by atoms with Crippen molar-refractivity contribution in [3.8, 4) is 11.5 Å². The van der Waals surface area contributed by atoms with Gasteiger partial charge in [-0.1, -0.05) is 57.2 Å². The second-order valence-electron chi connectivity index (χ2n) is 5.88. The van der Waals surface area contributed by atoms with E-state index in [1.54, 1.807) is 24.3 Å². The first kappa shape index (κ1) is 26.3. The predicted molar refractivity (Wildman–Crippen MR) is 142 cm³/mol. The average Bonchev–Trinajstić information content (AvgIpc) is 2.72. The number of carbonyl (C=O) groups is 1. The van der Waals surface area contributed by atoms with Crippen molar-refractivity contribution in [1.82, 2.24) is 10.9 Å². The molecular formula is C21H18Br4N4O3. The Morgan fingerprint density at radius 2 is 1.22 bits per heavy atom. The van der Waals surface area contributed by atoms with Crippen LogP contribution in [0.5, 0.6) is 11.5 Å². The van der Waals surface area contributed by atoms with E-state index in [0.29, 0.717) is 35.8 Å². The fraction of sp³-hybridized carbons (Fsp3) is 0.0952. The maximum Gasteiger partial charge on any atom is 0.355 e. The molecule has 32 heavy (non-hydrogen) atoms. The van der Waals surface area contributed by atoms with Crippen LogP contribution in [0.4, 0.5) is 4.79 Å². The number of halogens is 4. The van der Waals surface area contributed by atoms with E-state index < -0.39 is 6.03 Å². The zero-order valence-corrected chi connectivity index (χ0v) is 22.9. The van der Waals surface area contributed by atoms with Crippen LogP contribution in [0.1, 0.15) is 11.1 Å². The molecule has 2 aromatic carbocycles. The van der Waals surface area contributed by atoms with Crippen molar-refractivity contribution in [1.29, 1.82) is 0 Å². The third-order valence-electron chi connectivity index (χ3n) is 3.50. The molecule has 0 fully saturated rings. The molecule has 2 rings (SSSR count). The molecule has 0 bridgehead atoms. The van der Waals surface area contributed by atoms with Crippen LogP contribution in [-0.4, -0.2) is 31.7 Å². The zero-order valence-electron chi connectivity index (χ0n) is 16.6. The maximum absolute atomic E-state index is 12.0. The number of rotatable bonds is 10. The van der Waals surface area contributed by atoms with E-state index in [2.05, 4.69) is 97.9 Å². The molecule has 0 radical (unpaired) electrons. The molecule has 2 aromatic rings. The lowest BCUT2D eigenvalue weighted by atomic mass is 10.2. The summed E-state index contributed by atoms with van der Waals surface area (Å²) in [5.74, 6) is 1.15. The minimum absolute atomic E-state index is 0.327. The molecule has 0 atom stereocenters. The summed E-state index contributed by atoms with van der Waals surface area (Å²) >= 11 is 13.7. The number of urea groups is 1. The summed E-state index contributed by atoms with van der Waals surface area (Å²) in [5, 5.41) is 7.89. The maximum atomic E-state index is 12.0. The van der Waals surface area contributed by atoms with Gasteiger partial charge in [0.25, 0.3) is 0 Å². The number of nitrogens with zero attached hydrogens (tertiary/aromatic N) is 2. The molecule has 0 aliphatic heterocycles. The van der Waals surface area contributed by atoms with Crippen LogP contribution in [-0.2, 0) is 0 Å². The van der Waals surface area contributed by atoms with Gasteiger partial charge in [-0.15, -0.1) is 0 Å². The topological polar surface area (TPSA) is 84.3 Å². The molecule has 0 aliphatic rings. The van der Waals surface area contributed by atoms with E-state index in [9.17, 15) is 4.79 Å². The SMILES string of the molecule is C=CCOc1c(Br)cc(Br)cc1/C=N\NC(=O)N/N=C\c1cc(Br)cc(Br)c1OCC=C. The highest BCUT2D eigenvalue weighted by Crippen LogP contribution is 2.33. The largest absolute Gasteiger partial charge is 0.488 e. The summed E-state index contributed by atoms with van der Waals surface area (Å²) in [7, 11) is 0. The lowest BCUT2D eigenvalue weighted by molar-refractivity contribution is 0.242. The minimum atomic E-state index is -0.622. The van der Waals surface area contributed by atoms with Gasteiger partial charge in [-0.25, -0.2) is 15.6 Å². The molecule has 0 aliphatic carbocycles. The molecule has 0 aromatic heterocycles. The Labute approximate surface area is 219 Å². The van der Waals surface area contributed by atoms with E-state index in [-0.39, 0.29) is 0 Å². The van der Waals surface area contributed by atoms with Crippen LogP contribution in [0.15, 0.2) is 77.7 Å². The monoisotopic (exact) mass is 690 g/mol. The van der Waals surface area contributed by atoms with Gasteiger partial charge in [0.1, 0.15) is 24.7 Å². The first-order chi connectivity index (χ1) is 15.3. The lowest BCUT2D eigenvalue weighted by Crippen LogP contribution is -2.28. The summed E-state index contributed by atoms with van der Waals surface area (Å²) in [6.45, 7) is 7.93. The first-order valence-corrected chi connectivity index (χ1v) is 12.1. The average molecular weight is 694 g/mol. The fourth-order valence-electron chi connectivity index (χ4n) is 2.29. The Hall–Kier alpha value is -1.95. The van der Waals surface area contributed by atoms with E-state index >= 15 is 0 Å². The third kappa shape index (κ3) is 8.19. The van der Waals surface area contributed by atoms with Gasteiger partial charge < -0.3 is 9.47 Å². The van der Waals surface area contributed by atoms with Crippen molar-refractivity contribution >= 4 is 82.2 Å². The lowest BCUT2D eigenvalue weighted by Gasteiger charge is -2.10. The highest BCUT2D eigenvalue weighted by Gasteiger charge is 2.10. The van der Waals surface area contributed by atoms with Crippen molar-refractivity contribution in [3.05, 3.63) is 78.6 Å². The quantitative estimate of drug-likeness (QED) is 0.169. The summed E-state index contributed by atoms with van der Waals surface area (Å²) < 4.78 is 14.4. The summed E-state index contributed by atoms with van der Waals surface area (Å²) in [6.07, 6.45) is 6.20. The molecule has 0 heterocycles. The number of benzene rings is 2. The number of carbonyl (C=O) groups excluding carboxylic acids is 1. The third-order valence-corrected chi connectivity index (χ3v) is 5.60. The number of amides is 2. The van der Waals surface area contributed by atoms with Gasteiger partial charge in [-0.2, -0.15) is 10.2 Å². The first-order valence-electron chi connectivity index (χ1n) is 8.93. The molecule has 2 amide bonds. The summed E-state index contributed by atoms with van der Waals surface area (Å²) in [4.78, 5) is 12.0. The van der Waals surface area contributed by atoms with Crippen LogP contribution in [0.3, 0.4) is 0 Å². The predicted octanol–water partition coefficient (Wildman–Crippen LogP) is 6.53. The number of hydrogen-bond acceptors (Lipinski definition) is 5. The van der Waals surface area contributed by atoms with Crippen molar-refractivity contribution < 1.29 is 14.3 Å². The second kappa shape index (κ2) is 13.6. The number of hydrazone groups is 2. The van der Waals surface area contributed by atoms with Crippen molar-refractivity contribution in [2.75, 3.05) is 13.2 Å². The highest BCUT2D eigenvalue weighted by atomic mass is 79.9. The van der Waals surface area contributed by atoms with E-state index in [1.165, 1.54) is 12.4 Å². The summed E-state index contributed by atoms with van der Waals surface area (Å²) in [5.41, 5.74) is 6.00. The molecule has 0 spiro atoms. The van der Waals surface area contributed by atoms with Gasteiger partial charge >= 0.3 is 6.03 Å². The second-order valence-corrected chi connectivity index (χ2v) is 9.42. The van der Waals surface area contributed by atoms with Gasteiger partial charge in [-0.3, -0.25) is 0 Å². The molecule has 168 valence electrons. The molecule has 0 unspecified atom stereocenters. The normalized spacial score (nSPS) is 10.9. The van der Waals surface area contributed by atoms with E-state index in [0.717, 1.165) is 17.9 Å². The van der Waals surface area contributed by atoms with Crippen LogP contribution < -0.4 is 20.3 Å². The van der Waals surface area contributed by atoms with Crippen LogP contribution in [0.25, 0.3) is 0 Å². The Kier molecular flexibility index (Phi) is 11.1. The molecule has 2 N–H and O–H groups in total. The molecule has 0 saturated carbocycles. The Morgan fingerprint density at radius 1 is 0.812 bits per heavy atom. The fourth-order valence-corrected chi connectivity index (χ4v) is 5.03. The van der Waals surface area contributed by atoms with Crippen LogP contribution in [0, 0.1) is 0 Å². The number of hydrogen-bond donors (Lipinski definition) is 2. The van der Waals surface area contributed by atoms with Crippen LogP contribution in [0.2, 0.25) is 0 Å². The van der Waals surface area contributed by atoms with Gasteiger partial charge in [0, 0.05) is 20.1 Å². The van der Waals surface area contributed by atoms with E-state index in [1.807, 2.05) is 12.1 Å². The molecule has 11 heteroatoms. The van der Waals surface area contributed by atoms with Crippen molar-refractivity contribution in [3.63, 3.8) is 0 Å². The van der Waals surface area contributed by atoms with Crippen molar-refractivity contribution in [2.24, 2.45) is 10.2 Å². The summed E-state index contributed by atoms with van der Waals surface area (Å²) in [6, 6.07) is 6.68. The van der Waals surface area contributed by atoms with E-state index in [4.69, 9.17) is 9.47 Å². The molecule has 7 nitrogen and oxygen atoms in total. The molecule has 0 saturated heterocycles. The molecular weight excluding hydrogens is 676 g/mol. The van der Waals surface area contributed by atoms with Crippen molar-refractivity contribution in [2.45, 2.75) is 0 Å². The Balaban J connectivity index is 2.04. The van der Waals surface area contributed by atoms with Gasteiger partial charge in [0.2, 0.25) is 0 Å². The zero-order chi connectivity index (χ0) is 23.5.